The summed E-state index contributed by atoms with van der Waals surface area (Å²) in [6.07, 6.45) is 1.81. The van der Waals surface area contributed by atoms with Gasteiger partial charge in [0.15, 0.2) is 0 Å². The summed E-state index contributed by atoms with van der Waals surface area (Å²) in [7, 11) is 1.65. The normalized spacial score (nSPS) is 10.0. The van der Waals surface area contributed by atoms with Crippen LogP contribution in [-0.4, -0.2) is 45.9 Å². The number of carbonyl (C=O) groups is 1. The Bertz CT molecular complexity index is 477. The zero-order valence-corrected chi connectivity index (χ0v) is 13.1. The highest BCUT2D eigenvalue weighted by Gasteiger charge is 2.06. The number of nitrogens with two attached hydrogens (primary N) is 1. The molecule has 5 nitrogen and oxygen atoms in total. The molecule has 0 saturated carbocycles. The first-order valence-corrected chi connectivity index (χ1v) is 7.78. The van der Waals surface area contributed by atoms with Crippen LogP contribution in [0.5, 0.6) is 0 Å². The van der Waals surface area contributed by atoms with Gasteiger partial charge >= 0.3 is 0 Å². The predicted molar refractivity (Wildman–Crippen MR) is 84.5 cm³/mol. The summed E-state index contributed by atoms with van der Waals surface area (Å²) in [6, 6.07) is 1.79. The summed E-state index contributed by atoms with van der Waals surface area (Å²) in [6.45, 7) is 2.89. The van der Waals surface area contributed by atoms with Gasteiger partial charge in [0.25, 0.3) is 5.91 Å². The molecule has 3 N–H and O–H groups in total. The van der Waals surface area contributed by atoms with Crippen LogP contribution in [0.25, 0.3) is 0 Å². The number of carbonyl (C=O) groups excluding carboxylic acids is 1. The Kier molecular flexibility index (Phi) is 9.49. The molecule has 0 aliphatic rings. The van der Waals surface area contributed by atoms with E-state index in [9.17, 15) is 4.79 Å². The monoisotopic (exact) mass is 310 g/mol. The van der Waals surface area contributed by atoms with Crippen LogP contribution in [0.3, 0.4) is 0 Å². The zero-order chi connectivity index (χ0) is 15.3. The zero-order valence-electron chi connectivity index (χ0n) is 12.3. The summed E-state index contributed by atoms with van der Waals surface area (Å²) >= 11 is 1.45. The Balaban J connectivity index is 2.15. The fourth-order valence-corrected chi connectivity index (χ4v) is 2.29. The molecule has 1 amide bonds. The lowest BCUT2D eigenvalue weighted by molar-refractivity contribution is 0.0686. The molecule has 0 radical (unpaired) electrons. The third-order valence-corrected chi connectivity index (χ3v) is 3.45. The Morgan fingerprint density at radius 1 is 1.38 bits per heavy atom. The van der Waals surface area contributed by atoms with Gasteiger partial charge in [-0.05, 0) is 18.9 Å². The van der Waals surface area contributed by atoms with Crippen molar-refractivity contribution in [1.82, 2.24) is 5.32 Å². The van der Waals surface area contributed by atoms with Gasteiger partial charge in [-0.2, -0.15) is 0 Å². The van der Waals surface area contributed by atoms with Gasteiger partial charge in [-0.1, -0.05) is 11.8 Å². The molecule has 1 aromatic rings. The van der Waals surface area contributed by atoms with E-state index in [4.69, 9.17) is 15.2 Å². The van der Waals surface area contributed by atoms with Crippen molar-refractivity contribution in [2.45, 2.75) is 12.8 Å². The molecule has 1 heterocycles. The predicted octanol–water partition coefficient (Wildman–Crippen LogP) is 1.23. The Hall–Kier alpha value is -1.39. The molecule has 0 atom stereocenters. The summed E-state index contributed by atoms with van der Waals surface area (Å²) in [5.41, 5.74) is 5.96. The number of ether oxygens (including phenoxy) is 2. The number of nitrogens with one attached hydrogen (secondary N) is 1. The van der Waals surface area contributed by atoms with E-state index in [2.05, 4.69) is 17.2 Å². The second-order valence-electron chi connectivity index (χ2n) is 4.27. The molecule has 0 saturated heterocycles. The number of amides is 1. The number of thiophene rings is 1. The van der Waals surface area contributed by atoms with Gasteiger partial charge < -0.3 is 20.5 Å². The van der Waals surface area contributed by atoms with Gasteiger partial charge in [-0.25, -0.2) is 0 Å². The van der Waals surface area contributed by atoms with E-state index in [0.29, 0.717) is 38.5 Å². The van der Waals surface area contributed by atoms with Gasteiger partial charge in [-0.3, -0.25) is 4.79 Å². The van der Waals surface area contributed by atoms with Gasteiger partial charge in [-0.15, -0.1) is 11.3 Å². The minimum atomic E-state index is -0.0626. The van der Waals surface area contributed by atoms with Crippen LogP contribution in [-0.2, 0) is 9.47 Å². The molecule has 1 aromatic heterocycles. The second kappa shape index (κ2) is 11.3. The lowest BCUT2D eigenvalue weighted by atomic mass is 10.2. The summed E-state index contributed by atoms with van der Waals surface area (Å²) in [5, 5.41) is 4.69. The van der Waals surface area contributed by atoms with Gasteiger partial charge in [0, 0.05) is 25.6 Å². The van der Waals surface area contributed by atoms with Crippen LogP contribution < -0.4 is 11.1 Å². The molecular formula is C15H22N2O3S. The van der Waals surface area contributed by atoms with E-state index in [1.165, 1.54) is 11.3 Å². The maximum atomic E-state index is 11.9. The number of hydrogen-bond donors (Lipinski definition) is 2. The maximum Gasteiger partial charge on any atom is 0.252 e. The van der Waals surface area contributed by atoms with E-state index < -0.39 is 0 Å². The van der Waals surface area contributed by atoms with Crippen LogP contribution in [0.1, 0.15) is 28.1 Å². The molecule has 0 aliphatic carbocycles. The Morgan fingerprint density at radius 2 is 2.24 bits per heavy atom. The standard InChI is InChI=1S/C15H22N2O3S/c1-19-9-10-20-8-3-2-7-17-15(18)13-11-14(21-12-13)5-4-6-16/h11-12H,2-3,6-10,16H2,1H3,(H,17,18). The first-order chi connectivity index (χ1) is 10.3. The topological polar surface area (TPSA) is 73.6 Å². The van der Waals surface area contributed by atoms with Gasteiger partial charge in [0.1, 0.15) is 0 Å². The van der Waals surface area contributed by atoms with Crippen molar-refractivity contribution in [3.8, 4) is 11.8 Å². The van der Waals surface area contributed by atoms with Crippen LogP contribution in [0, 0.1) is 11.8 Å². The molecule has 116 valence electrons. The van der Waals surface area contributed by atoms with E-state index in [-0.39, 0.29) is 5.91 Å². The quantitative estimate of drug-likeness (QED) is 0.531. The maximum absolute atomic E-state index is 11.9. The Morgan fingerprint density at radius 3 is 3.00 bits per heavy atom. The highest BCUT2D eigenvalue weighted by molar-refractivity contribution is 7.10. The van der Waals surface area contributed by atoms with Crippen LogP contribution >= 0.6 is 11.3 Å². The number of rotatable bonds is 9. The van der Waals surface area contributed by atoms with E-state index in [0.717, 1.165) is 17.7 Å². The second-order valence-corrected chi connectivity index (χ2v) is 5.18. The van der Waals surface area contributed by atoms with E-state index in [1.54, 1.807) is 13.2 Å². The first kappa shape index (κ1) is 17.7. The van der Waals surface area contributed by atoms with Crippen LogP contribution in [0.2, 0.25) is 0 Å². The van der Waals surface area contributed by atoms with Crippen LogP contribution in [0.4, 0.5) is 0 Å². The molecule has 21 heavy (non-hydrogen) atoms. The average molecular weight is 310 g/mol. The Labute approximate surface area is 129 Å². The fourth-order valence-electron chi connectivity index (χ4n) is 1.54. The molecule has 0 fully saturated rings. The van der Waals surface area contributed by atoms with Crippen LogP contribution in [0.15, 0.2) is 11.4 Å². The van der Waals surface area contributed by atoms with Crippen molar-refractivity contribution in [2.75, 3.05) is 40.0 Å². The molecule has 0 aromatic carbocycles. The minimum absolute atomic E-state index is 0.0626. The van der Waals surface area contributed by atoms with Crippen molar-refractivity contribution in [3.05, 3.63) is 21.9 Å². The summed E-state index contributed by atoms with van der Waals surface area (Å²) in [4.78, 5) is 12.7. The lowest BCUT2D eigenvalue weighted by Crippen LogP contribution is -2.24. The van der Waals surface area contributed by atoms with Gasteiger partial charge in [0.05, 0.1) is 30.2 Å². The molecule has 0 bridgehead atoms. The van der Waals surface area contributed by atoms with Crippen molar-refractivity contribution in [1.29, 1.82) is 0 Å². The lowest BCUT2D eigenvalue weighted by Gasteiger charge is -2.05. The van der Waals surface area contributed by atoms with Crippen molar-refractivity contribution < 1.29 is 14.3 Å². The van der Waals surface area contributed by atoms with E-state index in [1.807, 2.05) is 5.38 Å². The highest BCUT2D eigenvalue weighted by Crippen LogP contribution is 2.13. The number of hydrogen-bond acceptors (Lipinski definition) is 5. The summed E-state index contributed by atoms with van der Waals surface area (Å²) < 4.78 is 10.2. The van der Waals surface area contributed by atoms with Crippen molar-refractivity contribution in [3.63, 3.8) is 0 Å². The molecule has 0 aliphatic heterocycles. The van der Waals surface area contributed by atoms with Crippen molar-refractivity contribution in [2.24, 2.45) is 5.73 Å². The largest absolute Gasteiger partial charge is 0.382 e. The minimum Gasteiger partial charge on any atom is -0.382 e. The number of methoxy groups -OCH3 is 1. The molecular weight excluding hydrogens is 288 g/mol. The van der Waals surface area contributed by atoms with E-state index >= 15 is 0 Å². The third kappa shape index (κ3) is 7.83. The van der Waals surface area contributed by atoms with Crippen molar-refractivity contribution >= 4 is 17.2 Å². The molecule has 0 unspecified atom stereocenters. The third-order valence-electron chi connectivity index (χ3n) is 2.61. The molecule has 0 spiro atoms. The first-order valence-electron chi connectivity index (χ1n) is 6.90. The SMILES string of the molecule is COCCOCCCCNC(=O)c1csc(C#CCN)c1. The molecule has 1 rings (SSSR count). The molecule has 6 heteroatoms. The average Bonchev–Trinajstić information content (AvgIpc) is 2.96. The summed E-state index contributed by atoms with van der Waals surface area (Å²) in [5.74, 6) is 5.63. The fraction of sp³-hybridized carbons (Fsp3) is 0.533. The number of unbranched alkanes of at least 4 members (excludes halogenated alkanes) is 1. The highest BCUT2D eigenvalue weighted by atomic mass is 32.1. The smallest absolute Gasteiger partial charge is 0.252 e. The van der Waals surface area contributed by atoms with Gasteiger partial charge in [0.2, 0.25) is 0 Å².